The highest BCUT2D eigenvalue weighted by molar-refractivity contribution is 6.16. The van der Waals surface area contributed by atoms with E-state index in [1.165, 1.54) is 12.1 Å². The number of hydrogen-bond acceptors (Lipinski definition) is 3. The number of rotatable bonds is 4. The monoisotopic (exact) mass is 331 g/mol. The van der Waals surface area contributed by atoms with E-state index in [0.29, 0.717) is 22.4 Å². The van der Waals surface area contributed by atoms with Crippen molar-refractivity contribution in [1.82, 2.24) is 9.97 Å². The standard InChI is InChI=1S/C20H14FN3O/c21-17-9-5-4-8-15(17)19(25)16-12-22-20-14(16)10-11-18(24-20)23-13-6-2-1-3-7-13/h1-12H,(H2,22,23,24). The average Bonchev–Trinajstić information content (AvgIpc) is 3.06. The van der Waals surface area contributed by atoms with Crippen molar-refractivity contribution < 1.29 is 9.18 Å². The van der Waals surface area contributed by atoms with E-state index < -0.39 is 5.82 Å². The molecule has 0 spiro atoms. The number of nitrogens with one attached hydrogen (secondary N) is 2. The normalized spacial score (nSPS) is 10.8. The maximum atomic E-state index is 13.9. The van der Waals surface area contributed by atoms with Crippen molar-refractivity contribution in [1.29, 1.82) is 0 Å². The van der Waals surface area contributed by atoms with Crippen molar-refractivity contribution in [2.75, 3.05) is 5.32 Å². The second-order valence-electron chi connectivity index (χ2n) is 5.60. The summed E-state index contributed by atoms with van der Waals surface area (Å²) in [4.78, 5) is 20.1. The Morgan fingerprint density at radius 1 is 0.920 bits per heavy atom. The minimum absolute atomic E-state index is 0.0508. The number of hydrogen-bond donors (Lipinski definition) is 2. The second kappa shape index (κ2) is 6.20. The lowest BCUT2D eigenvalue weighted by Gasteiger charge is -2.05. The Hall–Kier alpha value is -3.47. The zero-order chi connectivity index (χ0) is 17.2. The van der Waals surface area contributed by atoms with E-state index in [9.17, 15) is 9.18 Å². The first-order valence-corrected chi connectivity index (χ1v) is 7.82. The molecule has 2 N–H and O–H groups in total. The molecule has 2 aromatic carbocycles. The average molecular weight is 331 g/mol. The number of benzene rings is 2. The molecule has 4 aromatic rings. The van der Waals surface area contributed by atoms with Gasteiger partial charge in [-0.3, -0.25) is 4.79 Å². The Labute approximate surface area is 143 Å². The van der Waals surface area contributed by atoms with Gasteiger partial charge in [0.05, 0.1) is 5.56 Å². The number of nitrogens with zero attached hydrogens (tertiary/aromatic N) is 1. The molecule has 0 bridgehead atoms. The summed E-state index contributed by atoms with van der Waals surface area (Å²) >= 11 is 0. The quantitative estimate of drug-likeness (QED) is 0.534. The van der Waals surface area contributed by atoms with Crippen LogP contribution in [0.1, 0.15) is 15.9 Å². The maximum Gasteiger partial charge on any atom is 0.198 e. The molecule has 0 unspecified atom stereocenters. The fourth-order valence-corrected chi connectivity index (χ4v) is 2.72. The van der Waals surface area contributed by atoms with Crippen molar-refractivity contribution in [3.05, 3.63) is 89.9 Å². The van der Waals surface area contributed by atoms with Crippen molar-refractivity contribution in [3.8, 4) is 0 Å². The molecular weight excluding hydrogens is 317 g/mol. The Morgan fingerprint density at radius 3 is 2.48 bits per heavy atom. The molecule has 0 aliphatic carbocycles. The molecule has 0 saturated heterocycles. The van der Waals surface area contributed by atoms with Crippen LogP contribution in [0.15, 0.2) is 72.9 Å². The van der Waals surface area contributed by atoms with E-state index in [2.05, 4.69) is 15.3 Å². The van der Waals surface area contributed by atoms with E-state index in [4.69, 9.17) is 0 Å². The summed E-state index contributed by atoms with van der Waals surface area (Å²) in [7, 11) is 0. The highest BCUT2D eigenvalue weighted by Gasteiger charge is 2.18. The van der Waals surface area contributed by atoms with Gasteiger partial charge in [0.2, 0.25) is 0 Å². The molecule has 4 rings (SSSR count). The topological polar surface area (TPSA) is 57.8 Å². The lowest BCUT2D eigenvalue weighted by molar-refractivity contribution is 0.103. The zero-order valence-corrected chi connectivity index (χ0v) is 13.2. The SMILES string of the molecule is O=C(c1ccccc1F)c1c[nH]c2nc(Nc3ccccc3)ccc12. The maximum absolute atomic E-state index is 13.9. The summed E-state index contributed by atoms with van der Waals surface area (Å²) in [5, 5.41) is 3.86. The molecule has 2 aromatic heterocycles. The molecule has 4 nitrogen and oxygen atoms in total. The summed E-state index contributed by atoms with van der Waals surface area (Å²) in [6, 6.07) is 19.2. The summed E-state index contributed by atoms with van der Waals surface area (Å²) in [5.74, 6) is -0.238. The minimum atomic E-state index is -0.530. The van der Waals surface area contributed by atoms with Crippen LogP contribution in [-0.2, 0) is 0 Å². The van der Waals surface area contributed by atoms with Gasteiger partial charge in [0.1, 0.15) is 17.3 Å². The highest BCUT2D eigenvalue weighted by atomic mass is 19.1. The van der Waals surface area contributed by atoms with Gasteiger partial charge < -0.3 is 10.3 Å². The predicted molar refractivity (Wildman–Crippen MR) is 95.7 cm³/mol. The first-order chi connectivity index (χ1) is 12.2. The third-order valence-electron chi connectivity index (χ3n) is 3.95. The first kappa shape index (κ1) is 15.1. The number of H-pyrrole nitrogens is 1. The van der Waals surface area contributed by atoms with Gasteiger partial charge in [0.15, 0.2) is 5.78 Å². The van der Waals surface area contributed by atoms with Gasteiger partial charge >= 0.3 is 0 Å². The largest absolute Gasteiger partial charge is 0.345 e. The van der Waals surface area contributed by atoms with Crippen LogP contribution in [0.4, 0.5) is 15.9 Å². The molecule has 0 fully saturated rings. The molecule has 0 atom stereocenters. The highest BCUT2D eigenvalue weighted by Crippen LogP contribution is 2.24. The first-order valence-electron chi connectivity index (χ1n) is 7.82. The number of pyridine rings is 1. The third-order valence-corrected chi connectivity index (χ3v) is 3.95. The van der Waals surface area contributed by atoms with E-state index in [1.807, 2.05) is 30.3 Å². The summed E-state index contributed by atoms with van der Waals surface area (Å²) < 4.78 is 13.9. The van der Waals surface area contributed by atoms with Gasteiger partial charge in [-0.05, 0) is 36.4 Å². The number of aromatic amines is 1. The van der Waals surface area contributed by atoms with E-state index in [0.717, 1.165) is 5.69 Å². The molecular formula is C20H14FN3O. The molecule has 0 aliphatic heterocycles. The van der Waals surface area contributed by atoms with Crippen LogP contribution < -0.4 is 5.32 Å². The molecule has 0 aliphatic rings. The van der Waals surface area contributed by atoms with E-state index in [1.54, 1.807) is 30.5 Å². The van der Waals surface area contributed by atoms with Crippen LogP contribution in [0.3, 0.4) is 0 Å². The molecule has 2 heterocycles. The van der Waals surface area contributed by atoms with Gasteiger partial charge in [-0.25, -0.2) is 9.37 Å². The molecule has 0 radical (unpaired) electrons. The molecule has 5 heteroatoms. The van der Waals surface area contributed by atoms with Crippen molar-refractivity contribution in [2.45, 2.75) is 0 Å². The summed E-state index contributed by atoms with van der Waals surface area (Å²) in [6.07, 6.45) is 1.57. The molecule has 122 valence electrons. The summed E-state index contributed by atoms with van der Waals surface area (Å²) in [5.41, 5.74) is 1.94. The number of carbonyl (C=O) groups excluding carboxylic acids is 1. The Morgan fingerprint density at radius 2 is 1.68 bits per heavy atom. The van der Waals surface area contributed by atoms with Gasteiger partial charge in [-0.2, -0.15) is 0 Å². The van der Waals surface area contributed by atoms with Crippen molar-refractivity contribution in [3.63, 3.8) is 0 Å². The Bertz CT molecular complexity index is 1060. The van der Waals surface area contributed by atoms with Crippen LogP contribution in [0.2, 0.25) is 0 Å². The third kappa shape index (κ3) is 2.87. The van der Waals surface area contributed by atoms with Crippen molar-refractivity contribution in [2.24, 2.45) is 0 Å². The van der Waals surface area contributed by atoms with Crippen molar-refractivity contribution >= 4 is 28.3 Å². The number of halogens is 1. The molecule has 0 amide bonds. The number of anilines is 2. The summed E-state index contributed by atoms with van der Waals surface area (Å²) in [6.45, 7) is 0. The fraction of sp³-hybridized carbons (Fsp3) is 0. The lowest BCUT2D eigenvalue weighted by atomic mass is 10.0. The van der Waals surface area contributed by atoms with Crippen LogP contribution in [0.25, 0.3) is 11.0 Å². The van der Waals surface area contributed by atoms with Gasteiger partial charge in [-0.15, -0.1) is 0 Å². The van der Waals surface area contributed by atoms with E-state index in [-0.39, 0.29) is 11.3 Å². The predicted octanol–water partition coefficient (Wildman–Crippen LogP) is 4.68. The van der Waals surface area contributed by atoms with Gasteiger partial charge in [0, 0.05) is 22.8 Å². The lowest BCUT2D eigenvalue weighted by Crippen LogP contribution is -2.03. The van der Waals surface area contributed by atoms with Gasteiger partial charge in [0.25, 0.3) is 0 Å². The second-order valence-corrected chi connectivity index (χ2v) is 5.60. The molecule has 0 saturated carbocycles. The van der Waals surface area contributed by atoms with Crippen LogP contribution in [-0.4, -0.2) is 15.8 Å². The zero-order valence-electron chi connectivity index (χ0n) is 13.2. The number of aromatic nitrogens is 2. The number of ketones is 1. The number of fused-ring (bicyclic) bond motifs is 1. The fourth-order valence-electron chi connectivity index (χ4n) is 2.72. The number of carbonyl (C=O) groups is 1. The van der Waals surface area contributed by atoms with Crippen LogP contribution in [0, 0.1) is 5.82 Å². The van der Waals surface area contributed by atoms with Crippen LogP contribution >= 0.6 is 0 Å². The minimum Gasteiger partial charge on any atom is -0.345 e. The molecule has 25 heavy (non-hydrogen) atoms. The van der Waals surface area contributed by atoms with Gasteiger partial charge in [-0.1, -0.05) is 30.3 Å². The number of para-hydroxylation sites is 1. The van der Waals surface area contributed by atoms with E-state index >= 15 is 0 Å². The Kier molecular flexibility index (Phi) is 3.74. The Balaban J connectivity index is 1.69. The smallest absolute Gasteiger partial charge is 0.198 e. The van der Waals surface area contributed by atoms with Crippen LogP contribution in [0.5, 0.6) is 0 Å².